The van der Waals surface area contributed by atoms with Crippen LogP contribution in [0.4, 0.5) is 0 Å². The van der Waals surface area contributed by atoms with Crippen molar-refractivity contribution in [2.45, 2.75) is 13.8 Å². The Balaban J connectivity index is 3.12. The molecule has 0 aliphatic rings. The Bertz CT molecular complexity index is 299. The zero-order valence-electron chi connectivity index (χ0n) is 6.66. The Morgan fingerprint density at radius 1 is 1.73 bits per heavy atom. The number of rotatable bonds is 1. The summed E-state index contributed by atoms with van der Waals surface area (Å²) in [6, 6.07) is 1.85. The van der Waals surface area contributed by atoms with Crippen molar-refractivity contribution in [3.63, 3.8) is 0 Å². The van der Waals surface area contributed by atoms with Gasteiger partial charge in [-0.05, 0) is 26.0 Å². The maximum Gasteiger partial charge on any atom is 0.270 e. The minimum Gasteiger partial charge on any atom is -0.267 e. The third kappa shape index (κ3) is 1.37. The lowest BCUT2D eigenvalue weighted by Gasteiger charge is -1.95. The van der Waals surface area contributed by atoms with E-state index in [1.807, 2.05) is 19.9 Å². The van der Waals surface area contributed by atoms with Crippen LogP contribution in [-0.2, 0) is 0 Å². The van der Waals surface area contributed by atoms with Crippen molar-refractivity contribution in [2.75, 3.05) is 0 Å². The zero-order valence-corrected chi connectivity index (χ0v) is 6.66. The fourth-order valence-electron chi connectivity index (χ4n) is 0.938. The number of aryl methyl sites for hydroxylation is 2. The molecule has 1 heterocycles. The van der Waals surface area contributed by atoms with Crippen molar-refractivity contribution in [1.29, 1.82) is 0 Å². The molecule has 0 aromatic carbocycles. The lowest BCUT2D eigenvalue weighted by atomic mass is 10.4. The second-order valence-electron chi connectivity index (χ2n) is 2.38. The van der Waals surface area contributed by atoms with Gasteiger partial charge in [-0.2, -0.15) is 5.10 Å². The van der Waals surface area contributed by atoms with E-state index in [9.17, 15) is 4.79 Å². The highest BCUT2D eigenvalue weighted by atomic mass is 16.2. The summed E-state index contributed by atoms with van der Waals surface area (Å²) in [5.74, 6) is -0.185. The van der Waals surface area contributed by atoms with Gasteiger partial charge in [0.25, 0.3) is 5.91 Å². The van der Waals surface area contributed by atoms with Crippen LogP contribution in [0.2, 0.25) is 0 Å². The van der Waals surface area contributed by atoms with Crippen molar-refractivity contribution >= 4 is 5.91 Å². The monoisotopic (exact) mass is 150 g/mol. The van der Waals surface area contributed by atoms with Crippen LogP contribution in [0.3, 0.4) is 0 Å². The molecule has 1 rings (SSSR count). The first kappa shape index (κ1) is 7.72. The third-order valence-electron chi connectivity index (χ3n) is 1.39. The topological polar surface area (TPSA) is 34.9 Å². The molecule has 11 heavy (non-hydrogen) atoms. The fourth-order valence-corrected chi connectivity index (χ4v) is 0.938. The number of allylic oxidation sites excluding steroid dienone is 1. The summed E-state index contributed by atoms with van der Waals surface area (Å²) in [5.41, 5.74) is 1.69. The van der Waals surface area contributed by atoms with Gasteiger partial charge >= 0.3 is 0 Å². The molecule has 0 N–H and O–H groups in total. The van der Waals surface area contributed by atoms with Crippen LogP contribution in [0.1, 0.15) is 16.2 Å². The van der Waals surface area contributed by atoms with Crippen LogP contribution in [0.25, 0.3) is 0 Å². The number of aromatic nitrogens is 2. The molecule has 0 aliphatic heterocycles. The molecule has 0 radical (unpaired) electrons. The van der Waals surface area contributed by atoms with E-state index in [4.69, 9.17) is 0 Å². The lowest BCUT2D eigenvalue weighted by molar-refractivity contribution is 0.0952. The van der Waals surface area contributed by atoms with E-state index in [1.165, 1.54) is 10.8 Å². The number of hydrogen-bond donors (Lipinski definition) is 0. The molecule has 0 unspecified atom stereocenters. The molecule has 0 atom stereocenters. The second kappa shape index (κ2) is 2.70. The molecule has 0 aliphatic carbocycles. The molecule has 3 nitrogen and oxygen atoms in total. The predicted molar refractivity (Wildman–Crippen MR) is 42.5 cm³/mol. The number of nitrogens with zero attached hydrogens (tertiary/aromatic N) is 2. The molecule has 58 valence electrons. The van der Waals surface area contributed by atoms with Crippen molar-refractivity contribution in [3.05, 3.63) is 30.1 Å². The maximum atomic E-state index is 11.0. The van der Waals surface area contributed by atoms with E-state index in [0.29, 0.717) is 0 Å². The summed E-state index contributed by atoms with van der Waals surface area (Å²) >= 11 is 0. The van der Waals surface area contributed by atoms with E-state index >= 15 is 0 Å². The van der Waals surface area contributed by atoms with Crippen LogP contribution in [0, 0.1) is 13.8 Å². The fraction of sp³-hybridized carbons (Fsp3) is 0.250. The summed E-state index contributed by atoms with van der Waals surface area (Å²) in [5, 5.41) is 3.98. The van der Waals surface area contributed by atoms with Gasteiger partial charge in [0.2, 0.25) is 0 Å². The summed E-state index contributed by atoms with van der Waals surface area (Å²) in [6.45, 7) is 7.06. The average Bonchev–Trinajstić information content (AvgIpc) is 2.28. The van der Waals surface area contributed by atoms with Crippen LogP contribution >= 0.6 is 0 Å². The van der Waals surface area contributed by atoms with Gasteiger partial charge < -0.3 is 0 Å². The number of hydrogen-bond acceptors (Lipinski definition) is 2. The Hall–Kier alpha value is -1.38. The largest absolute Gasteiger partial charge is 0.270 e. The van der Waals surface area contributed by atoms with Crippen LogP contribution < -0.4 is 0 Å². The van der Waals surface area contributed by atoms with Gasteiger partial charge in [-0.1, -0.05) is 6.58 Å². The Kier molecular flexibility index (Phi) is 1.89. The summed E-state index contributed by atoms with van der Waals surface area (Å²) in [7, 11) is 0. The van der Waals surface area contributed by atoms with Crippen molar-refractivity contribution in [2.24, 2.45) is 0 Å². The molecule has 0 fully saturated rings. The van der Waals surface area contributed by atoms with Crippen molar-refractivity contribution in [1.82, 2.24) is 9.78 Å². The van der Waals surface area contributed by atoms with Gasteiger partial charge in [0.05, 0.1) is 5.69 Å². The van der Waals surface area contributed by atoms with Crippen LogP contribution in [0.5, 0.6) is 0 Å². The van der Waals surface area contributed by atoms with Gasteiger partial charge in [-0.15, -0.1) is 0 Å². The Morgan fingerprint density at radius 2 is 2.36 bits per heavy atom. The SMILES string of the molecule is C=CC(=O)n1nc(C)cc1C. The zero-order chi connectivity index (χ0) is 8.43. The van der Waals surface area contributed by atoms with Gasteiger partial charge in [0.15, 0.2) is 0 Å². The molecular weight excluding hydrogens is 140 g/mol. The molecule has 0 bridgehead atoms. The van der Waals surface area contributed by atoms with Gasteiger partial charge in [-0.25, -0.2) is 4.68 Å². The first-order valence-electron chi connectivity index (χ1n) is 3.35. The standard InChI is InChI=1S/C8H10N2O/c1-4-8(11)10-7(3)5-6(2)9-10/h4-5H,1H2,2-3H3. The van der Waals surface area contributed by atoms with Crippen LogP contribution in [-0.4, -0.2) is 15.7 Å². The smallest absolute Gasteiger partial charge is 0.267 e. The molecule has 1 aromatic heterocycles. The Labute approximate surface area is 65.3 Å². The third-order valence-corrected chi connectivity index (χ3v) is 1.39. The molecular formula is C8H10N2O. The molecule has 1 aromatic rings. The summed E-state index contributed by atoms with van der Waals surface area (Å²) < 4.78 is 1.34. The van der Waals surface area contributed by atoms with E-state index < -0.39 is 0 Å². The average molecular weight is 150 g/mol. The first-order valence-corrected chi connectivity index (χ1v) is 3.35. The summed E-state index contributed by atoms with van der Waals surface area (Å²) in [6.07, 6.45) is 1.25. The first-order chi connectivity index (χ1) is 5.15. The highest BCUT2D eigenvalue weighted by molar-refractivity contribution is 5.89. The number of carbonyl (C=O) groups excluding carboxylic acids is 1. The van der Waals surface area contributed by atoms with Gasteiger partial charge in [-0.3, -0.25) is 4.79 Å². The highest BCUT2D eigenvalue weighted by Gasteiger charge is 2.04. The second-order valence-corrected chi connectivity index (χ2v) is 2.38. The van der Waals surface area contributed by atoms with Crippen molar-refractivity contribution < 1.29 is 4.79 Å². The maximum absolute atomic E-state index is 11.0. The van der Waals surface area contributed by atoms with Crippen LogP contribution in [0.15, 0.2) is 18.7 Å². The minimum absolute atomic E-state index is 0.185. The molecule has 0 spiro atoms. The molecule has 0 saturated heterocycles. The van der Waals surface area contributed by atoms with E-state index in [-0.39, 0.29) is 5.91 Å². The number of carbonyl (C=O) groups is 1. The summed E-state index contributed by atoms with van der Waals surface area (Å²) in [4.78, 5) is 11.0. The normalized spacial score (nSPS) is 9.64. The van der Waals surface area contributed by atoms with E-state index in [0.717, 1.165) is 11.4 Å². The van der Waals surface area contributed by atoms with Crippen molar-refractivity contribution in [3.8, 4) is 0 Å². The quantitative estimate of drug-likeness (QED) is 0.566. The lowest BCUT2D eigenvalue weighted by Crippen LogP contribution is -2.10. The molecule has 0 amide bonds. The molecule has 3 heteroatoms. The Morgan fingerprint density at radius 3 is 2.73 bits per heavy atom. The predicted octanol–water partition coefficient (Wildman–Crippen LogP) is 1.33. The minimum atomic E-state index is -0.185. The van der Waals surface area contributed by atoms with Gasteiger partial charge in [0, 0.05) is 5.69 Å². The van der Waals surface area contributed by atoms with E-state index in [2.05, 4.69) is 11.7 Å². The highest BCUT2D eigenvalue weighted by Crippen LogP contribution is 2.00. The van der Waals surface area contributed by atoms with Gasteiger partial charge in [0.1, 0.15) is 0 Å². The van der Waals surface area contributed by atoms with E-state index in [1.54, 1.807) is 0 Å². The molecule has 0 saturated carbocycles.